The van der Waals surface area contributed by atoms with Crippen LogP contribution in [0.2, 0.25) is 5.02 Å². The van der Waals surface area contributed by atoms with Gasteiger partial charge in [0.15, 0.2) is 0 Å². The van der Waals surface area contributed by atoms with E-state index in [1.54, 1.807) is 0 Å². The van der Waals surface area contributed by atoms with Gasteiger partial charge in [-0.2, -0.15) is 0 Å². The highest BCUT2D eigenvalue weighted by molar-refractivity contribution is 6.31. The van der Waals surface area contributed by atoms with Crippen molar-refractivity contribution < 1.29 is 0 Å². The van der Waals surface area contributed by atoms with E-state index in [4.69, 9.17) is 11.6 Å². The van der Waals surface area contributed by atoms with E-state index in [-0.39, 0.29) is 0 Å². The van der Waals surface area contributed by atoms with Crippen molar-refractivity contribution in [3.05, 3.63) is 34.3 Å². The van der Waals surface area contributed by atoms with Crippen molar-refractivity contribution in [3.63, 3.8) is 0 Å². The van der Waals surface area contributed by atoms with Gasteiger partial charge in [0.05, 0.1) is 0 Å². The third-order valence-corrected chi connectivity index (χ3v) is 2.19. The number of halogens is 1. The fourth-order valence-electron chi connectivity index (χ4n) is 1.26. The van der Waals surface area contributed by atoms with Gasteiger partial charge >= 0.3 is 0 Å². The van der Waals surface area contributed by atoms with Crippen LogP contribution in [0, 0.1) is 12.8 Å². The summed E-state index contributed by atoms with van der Waals surface area (Å²) in [5.74, 6) is 0.671. The normalized spacial score (nSPS) is 10.8. The van der Waals surface area contributed by atoms with Crippen molar-refractivity contribution in [2.45, 2.75) is 27.2 Å². The summed E-state index contributed by atoms with van der Waals surface area (Å²) in [6.45, 7) is 6.47. The minimum absolute atomic E-state index is 0.671. The lowest BCUT2D eigenvalue weighted by Crippen LogP contribution is -1.94. The molecule has 0 aliphatic rings. The van der Waals surface area contributed by atoms with E-state index < -0.39 is 0 Å². The van der Waals surface area contributed by atoms with Crippen molar-refractivity contribution in [3.8, 4) is 0 Å². The van der Waals surface area contributed by atoms with Gasteiger partial charge in [0.1, 0.15) is 0 Å². The van der Waals surface area contributed by atoms with Crippen LogP contribution in [0.4, 0.5) is 0 Å². The number of hydrogen-bond donors (Lipinski definition) is 0. The Hall–Kier alpha value is -0.490. The number of hydrogen-bond acceptors (Lipinski definition) is 0. The summed E-state index contributed by atoms with van der Waals surface area (Å²) in [4.78, 5) is 0. The first kappa shape index (κ1) is 9.60. The van der Waals surface area contributed by atoms with Crippen LogP contribution >= 0.6 is 11.6 Å². The molecule has 12 heavy (non-hydrogen) atoms. The van der Waals surface area contributed by atoms with Crippen LogP contribution in [0.3, 0.4) is 0 Å². The molecule has 0 saturated carbocycles. The molecule has 0 bridgehead atoms. The van der Waals surface area contributed by atoms with Gasteiger partial charge in [0.2, 0.25) is 0 Å². The topological polar surface area (TPSA) is 0 Å². The molecule has 0 fully saturated rings. The molecule has 1 aromatic carbocycles. The lowest BCUT2D eigenvalue weighted by molar-refractivity contribution is 0.647. The summed E-state index contributed by atoms with van der Waals surface area (Å²) < 4.78 is 0. The quantitative estimate of drug-likeness (QED) is 0.652. The average Bonchev–Trinajstić information content (AvgIpc) is 1.94. The molecule has 1 heteroatoms. The van der Waals surface area contributed by atoms with E-state index in [2.05, 4.69) is 32.9 Å². The van der Waals surface area contributed by atoms with Crippen molar-refractivity contribution in [1.29, 1.82) is 0 Å². The van der Waals surface area contributed by atoms with Gasteiger partial charge in [-0.3, -0.25) is 0 Å². The molecule has 0 heterocycles. The Labute approximate surface area is 79.6 Å². The predicted octanol–water partition coefficient (Wildman–Crippen LogP) is 3.85. The van der Waals surface area contributed by atoms with Gasteiger partial charge in [0.25, 0.3) is 0 Å². The molecule has 0 aromatic heterocycles. The van der Waals surface area contributed by atoms with E-state index in [0.29, 0.717) is 5.92 Å². The monoisotopic (exact) mass is 182 g/mol. The Balaban J connectivity index is 2.86. The second-order valence-corrected chi connectivity index (χ2v) is 4.10. The molecule has 0 amide bonds. The minimum atomic E-state index is 0.671. The molecule has 1 rings (SSSR count). The number of aryl methyl sites for hydroxylation is 1. The fourth-order valence-corrected chi connectivity index (χ4v) is 1.57. The lowest BCUT2D eigenvalue weighted by atomic mass is 10.0. The second-order valence-electron chi connectivity index (χ2n) is 3.69. The highest BCUT2D eigenvalue weighted by Crippen LogP contribution is 2.20. The predicted molar refractivity (Wildman–Crippen MR) is 54.7 cm³/mol. The molecule has 0 aliphatic heterocycles. The maximum absolute atomic E-state index is 6.07. The van der Waals surface area contributed by atoms with E-state index in [1.807, 2.05) is 6.07 Å². The molecule has 0 aliphatic carbocycles. The zero-order valence-electron chi connectivity index (χ0n) is 7.89. The Morgan fingerprint density at radius 2 is 2.00 bits per heavy atom. The molecule has 1 aromatic rings. The van der Waals surface area contributed by atoms with E-state index in [9.17, 15) is 0 Å². The molecule has 0 nitrogen and oxygen atoms in total. The molecule has 0 N–H and O–H groups in total. The number of rotatable bonds is 2. The zero-order chi connectivity index (χ0) is 9.14. The smallest absolute Gasteiger partial charge is 0.0440 e. The molecule has 0 radical (unpaired) electrons. The summed E-state index contributed by atoms with van der Waals surface area (Å²) in [7, 11) is 0. The van der Waals surface area contributed by atoms with Crippen LogP contribution in [-0.2, 0) is 6.42 Å². The molecule has 0 spiro atoms. The van der Waals surface area contributed by atoms with Crippen molar-refractivity contribution in [2.24, 2.45) is 5.92 Å². The average molecular weight is 183 g/mol. The van der Waals surface area contributed by atoms with Gasteiger partial charge in [-0.25, -0.2) is 0 Å². The van der Waals surface area contributed by atoms with Crippen molar-refractivity contribution >= 4 is 11.6 Å². The van der Waals surface area contributed by atoms with Crippen LogP contribution in [0.5, 0.6) is 0 Å². The summed E-state index contributed by atoms with van der Waals surface area (Å²) >= 11 is 6.07. The third-order valence-electron chi connectivity index (χ3n) is 1.84. The first-order valence-corrected chi connectivity index (χ1v) is 4.72. The Morgan fingerprint density at radius 3 is 2.50 bits per heavy atom. The van der Waals surface area contributed by atoms with Crippen LogP contribution in [-0.4, -0.2) is 0 Å². The molecule has 0 atom stereocenters. The van der Waals surface area contributed by atoms with Gasteiger partial charge in [-0.15, -0.1) is 0 Å². The maximum atomic E-state index is 6.07. The zero-order valence-corrected chi connectivity index (χ0v) is 8.65. The van der Waals surface area contributed by atoms with Crippen LogP contribution < -0.4 is 0 Å². The summed E-state index contributed by atoms with van der Waals surface area (Å²) in [6.07, 6.45) is 1.07. The highest BCUT2D eigenvalue weighted by Gasteiger charge is 2.02. The second kappa shape index (κ2) is 3.95. The molecular formula is C11H15Cl. The fraction of sp³-hybridized carbons (Fsp3) is 0.455. The highest BCUT2D eigenvalue weighted by atomic mass is 35.5. The first-order valence-electron chi connectivity index (χ1n) is 4.34. The van der Waals surface area contributed by atoms with Crippen molar-refractivity contribution in [2.75, 3.05) is 0 Å². The molecule has 66 valence electrons. The molecule has 0 saturated heterocycles. The van der Waals surface area contributed by atoms with Gasteiger partial charge in [0, 0.05) is 5.02 Å². The SMILES string of the molecule is Cc1ccc(CC(C)C)c(Cl)c1. The van der Waals surface area contributed by atoms with E-state index in [1.165, 1.54) is 11.1 Å². The summed E-state index contributed by atoms with van der Waals surface area (Å²) in [5, 5.41) is 0.906. The van der Waals surface area contributed by atoms with Crippen LogP contribution in [0.15, 0.2) is 18.2 Å². The van der Waals surface area contributed by atoms with Gasteiger partial charge in [-0.05, 0) is 36.5 Å². The van der Waals surface area contributed by atoms with Crippen LogP contribution in [0.1, 0.15) is 25.0 Å². The third kappa shape index (κ3) is 2.53. The molecular weight excluding hydrogens is 168 g/mol. The maximum Gasteiger partial charge on any atom is 0.0440 e. The van der Waals surface area contributed by atoms with E-state index >= 15 is 0 Å². The first-order chi connectivity index (χ1) is 5.59. The summed E-state index contributed by atoms with van der Waals surface area (Å²) in [5.41, 5.74) is 2.49. The molecule has 0 unspecified atom stereocenters. The summed E-state index contributed by atoms with van der Waals surface area (Å²) in [6, 6.07) is 6.26. The van der Waals surface area contributed by atoms with Crippen LogP contribution in [0.25, 0.3) is 0 Å². The standard InChI is InChI=1S/C11H15Cl/c1-8(2)6-10-5-4-9(3)7-11(10)12/h4-5,7-8H,6H2,1-3H3. The minimum Gasteiger partial charge on any atom is -0.0840 e. The Morgan fingerprint density at radius 1 is 1.33 bits per heavy atom. The number of benzene rings is 1. The van der Waals surface area contributed by atoms with Crippen molar-refractivity contribution in [1.82, 2.24) is 0 Å². The van der Waals surface area contributed by atoms with Gasteiger partial charge in [-0.1, -0.05) is 37.6 Å². The Kier molecular flexibility index (Phi) is 3.16. The lowest BCUT2D eigenvalue weighted by Gasteiger charge is -2.07. The largest absolute Gasteiger partial charge is 0.0840 e. The van der Waals surface area contributed by atoms with E-state index in [0.717, 1.165) is 11.4 Å². The van der Waals surface area contributed by atoms with Gasteiger partial charge < -0.3 is 0 Å². The Bertz CT molecular complexity index is 264.